The molecule has 3 rings (SSSR count). The highest BCUT2D eigenvalue weighted by molar-refractivity contribution is 5.94. The third-order valence-electron chi connectivity index (χ3n) is 5.63. The fourth-order valence-electron chi connectivity index (χ4n) is 3.74. The van der Waals surface area contributed by atoms with Crippen molar-refractivity contribution in [1.29, 1.82) is 0 Å². The number of anilines is 1. The molecule has 1 aliphatic rings. The Morgan fingerprint density at radius 3 is 2.31 bits per heavy atom. The van der Waals surface area contributed by atoms with Gasteiger partial charge < -0.3 is 15.6 Å². The molecule has 0 amide bonds. The van der Waals surface area contributed by atoms with Gasteiger partial charge in [0.05, 0.1) is 17.1 Å². The number of benzene rings is 2. The van der Waals surface area contributed by atoms with Crippen molar-refractivity contribution in [3.05, 3.63) is 89.6 Å². The highest BCUT2D eigenvalue weighted by atomic mass is 15.4. The van der Waals surface area contributed by atoms with Gasteiger partial charge >= 0.3 is 0 Å². The summed E-state index contributed by atoms with van der Waals surface area (Å²) in [6, 6.07) is 16.5. The number of hydrogen-bond donors (Lipinski definition) is 2. The van der Waals surface area contributed by atoms with Crippen molar-refractivity contribution in [3.8, 4) is 0 Å². The summed E-state index contributed by atoms with van der Waals surface area (Å²) >= 11 is 0. The number of rotatable bonds is 6. The molecule has 29 heavy (non-hydrogen) atoms. The largest absolute Gasteiger partial charge is 0.396 e. The topological polar surface area (TPSA) is 58.5 Å². The Morgan fingerprint density at radius 2 is 1.66 bits per heavy atom. The van der Waals surface area contributed by atoms with Gasteiger partial charge in [-0.05, 0) is 30.4 Å². The molecule has 0 atom stereocenters. The fourth-order valence-corrected chi connectivity index (χ4v) is 3.74. The Labute approximate surface area is 174 Å². The quantitative estimate of drug-likeness (QED) is 0.410. The predicted molar refractivity (Wildman–Crippen MR) is 124 cm³/mol. The molecular weight excluding hydrogens is 356 g/mol. The highest BCUT2D eigenvalue weighted by Crippen LogP contribution is 2.38. The zero-order valence-corrected chi connectivity index (χ0v) is 17.8. The summed E-state index contributed by atoms with van der Waals surface area (Å²) in [5.41, 5.74) is 14.7. The van der Waals surface area contributed by atoms with Crippen LogP contribution in [-0.4, -0.2) is 12.1 Å². The average Bonchev–Trinajstić information content (AvgIpc) is 2.69. The lowest BCUT2D eigenvalue weighted by Crippen LogP contribution is -2.31. The molecule has 0 unspecified atom stereocenters. The van der Waals surface area contributed by atoms with E-state index in [9.17, 15) is 0 Å². The van der Waals surface area contributed by atoms with E-state index in [1.165, 1.54) is 11.1 Å². The van der Waals surface area contributed by atoms with Crippen LogP contribution in [0.2, 0.25) is 0 Å². The summed E-state index contributed by atoms with van der Waals surface area (Å²) in [5, 5.41) is 1.61. The minimum atomic E-state index is 0.476. The van der Waals surface area contributed by atoms with Crippen LogP contribution in [0.1, 0.15) is 43.4 Å². The molecule has 4 nitrogen and oxygen atoms in total. The molecule has 1 aliphatic heterocycles. The molecule has 0 bridgehead atoms. The number of nitrogens with zero attached hydrogens (tertiary/aromatic N) is 2. The molecule has 0 radical (unpaired) electrons. The van der Waals surface area contributed by atoms with E-state index in [0.717, 1.165) is 41.1 Å². The second-order valence-corrected chi connectivity index (χ2v) is 8.01. The second kappa shape index (κ2) is 8.58. The van der Waals surface area contributed by atoms with Gasteiger partial charge in [0.2, 0.25) is 0 Å². The number of para-hydroxylation sites is 1. The fraction of sp³-hybridized carbons (Fsp3) is 0.280. The van der Waals surface area contributed by atoms with Crippen LogP contribution in [0, 0.1) is 5.92 Å². The summed E-state index contributed by atoms with van der Waals surface area (Å²) in [6.07, 6.45) is 1.79. The smallest absolute Gasteiger partial charge is 0.0826 e. The maximum Gasteiger partial charge on any atom is 0.0826 e. The predicted octanol–water partition coefficient (Wildman–Crippen LogP) is 5.10. The van der Waals surface area contributed by atoms with E-state index in [-0.39, 0.29) is 0 Å². The standard InChI is InChI=1S/C25H32N4/c1-17(2)18(3)14-15-19(4)29-16-20-10-6-7-11-21(20)25(28(5)27)24(26)22-12-8-9-13-23(22)29/h6-13,17H,3-4,14-16,26-27H2,1-2,5H3/b25-24-. The first kappa shape index (κ1) is 20.7. The molecule has 0 fully saturated rings. The van der Waals surface area contributed by atoms with E-state index in [4.69, 9.17) is 11.6 Å². The molecule has 0 saturated carbocycles. The van der Waals surface area contributed by atoms with Crippen LogP contribution < -0.4 is 16.5 Å². The van der Waals surface area contributed by atoms with Crippen molar-refractivity contribution < 1.29 is 0 Å². The van der Waals surface area contributed by atoms with Crippen molar-refractivity contribution in [2.45, 2.75) is 33.2 Å². The Kier molecular flexibility index (Phi) is 6.14. The van der Waals surface area contributed by atoms with Crippen LogP contribution in [0.25, 0.3) is 11.4 Å². The van der Waals surface area contributed by atoms with Crippen molar-refractivity contribution >= 4 is 17.1 Å². The number of fused-ring (bicyclic) bond motifs is 2. The number of nitrogens with two attached hydrogens (primary N) is 2. The van der Waals surface area contributed by atoms with E-state index in [2.05, 4.69) is 62.2 Å². The van der Waals surface area contributed by atoms with E-state index in [0.29, 0.717) is 18.2 Å². The minimum Gasteiger partial charge on any atom is -0.396 e. The summed E-state index contributed by atoms with van der Waals surface area (Å²) < 4.78 is 0. The first-order valence-electron chi connectivity index (χ1n) is 10.1. The Bertz CT molecular complexity index is 953. The molecule has 0 saturated heterocycles. The molecule has 152 valence electrons. The lowest BCUT2D eigenvalue weighted by Gasteiger charge is -2.34. The summed E-state index contributed by atoms with van der Waals surface area (Å²) in [4.78, 5) is 2.28. The van der Waals surface area contributed by atoms with Crippen molar-refractivity contribution in [2.24, 2.45) is 17.5 Å². The molecule has 2 aromatic rings. The van der Waals surface area contributed by atoms with Crippen LogP contribution >= 0.6 is 0 Å². The van der Waals surface area contributed by atoms with Crippen LogP contribution in [0.15, 0.2) is 73.0 Å². The van der Waals surface area contributed by atoms with Crippen LogP contribution in [0.3, 0.4) is 0 Å². The minimum absolute atomic E-state index is 0.476. The third kappa shape index (κ3) is 4.22. The molecule has 0 aliphatic carbocycles. The lowest BCUT2D eigenvalue weighted by atomic mass is 9.94. The molecule has 0 aromatic heterocycles. The molecule has 0 spiro atoms. The first-order chi connectivity index (χ1) is 13.8. The average molecular weight is 389 g/mol. The monoisotopic (exact) mass is 388 g/mol. The van der Waals surface area contributed by atoms with Gasteiger partial charge in [0, 0.05) is 30.4 Å². The summed E-state index contributed by atoms with van der Waals surface area (Å²) in [6.45, 7) is 13.7. The van der Waals surface area contributed by atoms with Gasteiger partial charge in [0.25, 0.3) is 0 Å². The van der Waals surface area contributed by atoms with Crippen LogP contribution in [0.5, 0.6) is 0 Å². The Morgan fingerprint density at radius 1 is 1.03 bits per heavy atom. The molecule has 2 aromatic carbocycles. The maximum atomic E-state index is 6.69. The van der Waals surface area contributed by atoms with E-state index < -0.39 is 0 Å². The van der Waals surface area contributed by atoms with Crippen molar-refractivity contribution in [2.75, 3.05) is 11.9 Å². The highest BCUT2D eigenvalue weighted by Gasteiger charge is 2.24. The zero-order chi connectivity index (χ0) is 21.1. The van der Waals surface area contributed by atoms with Gasteiger partial charge in [0.1, 0.15) is 0 Å². The van der Waals surface area contributed by atoms with Gasteiger partial charge in [-0.15, -0.1) is 0 Å². The van der Waals surface area contributed by atoms with Crippen molar-refractivity contribution in [1.82, 2.24) is 5.01 Å². The molecule has 4 N–H and O–H groups in total. The summed E-state index contributed by atoms with van der Waals surface area (Å²) in [7, 11) is 1.83. The number of hydrogen-bond acceptors (Lipinski definition) is 4. The van der Waals surface area contributed by atoms with E-state index in [1.807, 2.05) is 25.2 Å². The first-order valence-corrected chi connectivity index (χ1v) is 10.1. The van der Waals surface area contributed by atoms with Gasteiger partial charge in [-0.2, -0.15) is 0 Å². The molecule has 4 heteroatoms. The normalized spacial score (nSPS) is 16.0. The van der Waals surface area contributed by atoms with Crippen LogP contribution in [-0.2, 0) is 6.54 Å². The number of allylic oxidation sites excluding steroid dienone is 2. The van der Waals surface area contributed by atoms with Gasteiger partial charge in [-0.3, -0.25) is 0 Å². The van der Waals surface area contributed by atoms with Gasteiger partial charge in [-0.25, -0.2) is 5.84 Å². The Hall–Kier alpha value is -2.98. The van der Waals surface area contributed by atoms with E-state index >= 15 is 0 Å². The number of hydrazine groups is 1. The zero-order valence-electron chi connectivity index (χ0n) is 17.8. The maximum absolute atomic E-state index is 6.69. The SMILES string of the molecule is C=C(CCC(=C)N1Cc2ccccc2/C(N(C)N)=C(/N)c2ccccc21)C(C)C. The lowest BCUT2D eigenvalue weighted by molar-refractivity contribution is 0.510. The summed E-state index contributed by atoms with van der Waals surface area (Å²) in [5.74, 6) is 6.68. The van der Waals surface area contributed by atoms with Crippen LogP contribution in [0.4, 0.5) is 5.69 Å². The third-order valence-corrected chi connectivity index (χ3v) is 5.63. The van der Waals surface area contributed by atoms with E-state index in [1.54, 1.807) is 5.01 Å². The second-order valence-electron chi connectivity index (χ2n) is 8.01. The Balaban J connectivity index is 2.11. The molecule has 1 heterocycles. The van der Waals surface area contributed by atoms with Gasteiger partial charge in [0.15, 0.2) is 0 Å². The van der Waals surface area contributed by atoms with Crippen molar-refractivity contribution in [3.63, 3.8) is 0 Å². The molecular formula is C25H32N4. The van der Waals surface area contributed by atoms with Gasteiger partial charge in [-0.1, -0.05) is 75.0 Å².